The van der Waals surface area contributed by atoms with Crippen LogP contribution in [0.15, 0.2) is 66.5 Å². The highest BCUT2D eigenvalue weighted by molar-refractivity contribution is 6.36. The molecular weight excluding hydrogens is 402 g/mol. The molecule has 1 aliphatic rings. The monoisotopic (exact) mass is 427 g/mol. The molecule has 2 amide bonds. The lowest BCUT2D eigenvalue weighted by Crippen LogP contribution is -2.32. The molecule has 0 spiro atoms. The van der Waals surface area contributed by atoms with Crippen LogP contribution in [0.5, 0.6) is 5.75 Å². The Morgan fingerprint density at radius 2 is 1.75 bits per heavy atom. The van der Waals surface area contributed by atoms with E-state index in [4.69, 9.17) is 4.74 Å². The van der Waals surface area contributed by atoms with Gasteiger partial charge < -0.3 is 10.1 Å². The van der Waals surface area contributed by atoms with E-state index in [1.54, 1.807) is 25.4 Å². The van der Waals surface area contributed by atoms with E-state index < -0.39 is 5.91 Å². The SMILES string of the molecule is COc1ccc(C)cc1NC1=C(c2ccc(C)c(C)c2)C(=O)N(Cc2ccccn2)C1=O. The zero-order valence-electron chi connectivity index (χ0n) is 18.6. The second kappa shape index (κ2) is 8.67. The van der Waals surface area contributed by atoms with Crippen molar-refractivity contribution in [1.82, 2.24) is 9.88 Å². The van der Waals surface area contributed by atoms with Gasteiger partial charge in [0, 0.05) is 6.20 Å². The maximum absolute atomic E-state index is 13.5. The van der Waals surface area contributed by atoms with Gasteiger partial charge in [-0.2, -0.15) is 0 Å². The van der Waals surface area contributed by atoms with Crippen LogP contribution >= 0.6 is 0 Å². The molecule has 0 bridgehead atoms. The average Bonchev–Trinajstić information content (AvgIpc) is 3.01. The molecular formula is C26H25N3O3. The van der Waals surface area contributed by atoms with E-state index >= 15 is 0 Å². The third-order valence-corrected chi connectivity index (χ3v) is 5.62. The van der Waals surface area contributed by atoms with E-state index in [9.17, 15) is 9.59 Å². The maximum Gasteiger partial charge on any atom is 0.278 e. The molecule has 0 radical (unpaired) electrons. The largest absolute Gasteiger partial charge is 0.495 e. The zero-order chi connectivity index (χ0) is 22.8. The molecule has 162 valence electrons. The molecule has 0 fully saturated rings. The van der Waals surface area contributed by atoms with Crippen LogP contribution in [-0.2, 0) is 16.1 Å². The highest BCUT2D eigenvalue weighted by atomic mass is 16.5. The number of anilines is 1. The Morgan fingerprint density at radius 1 is 0.938 bits per heavy atom. The first-order chi connectivity index (χ1) is 15.4. The zero-order valence-corrected chi connectivity index (χ0v) is 18.6. The molecule has 0 aliphatic carbocycles. The van der Waals surface area contributed by atoms with Crippen LogP contribution in [-0.4, -0.2) is 28.8 Å². The summed E-state index contributed by atoms with van der Waals surface area (Å²) in [5.74, 6) is -0.151. The van der Waals surface area contributed by atoms with Crippen molar-refractivity contribution in [3.63, 3.8) is 0 Å². The summed E-state index contributed by atoms with van der Waals surface area (Å²) in [6.07, 6.45) is 1.65. The van der Waals surface area contributed by atoms with Gasteiger partial charge in [-0.05, 0) is 67.3 Å². The molecule has 6 heteroatoms. The lowest BCUT2D eigenvalue weighted by molar-refractivity contribution is -0.137. The smallest absolute Gasteiger partial charge is 0.278 e. The number of imide groups is 1. The summed E-state index contributed by atoms with van der Waals surface area (Å²) in [5.41, 5.74) is 5.72. The van der Waals surface area contributed by atoms with Crippen molar-refractivity contribution < 1.29 is 14.3 Å². The number of methoxy groups -OCH3 is 1. The second-order valence-corrected chi connectivity index (χ2v) is 7.90. The van der Waals surface area contributed by atoms with Crippen molar-refractivity contribution in [2.75, 3.05) is 12.4 Å². The molecule has 0 unspecified atom stereocenters. The van der Waals surface area contributed by atoms with Crippen LogP contribution in [0.3, 0.4) is 0 Å². The first-order valence-electron chi connectivity index (χ1n) is 10.4. The molecule has 1 N–H and O–H groups in total. The van der Waals surface area contributed by atoms with Crippen LogP contribution in [0.1, 0.15) is 27.9 Å². The highest BCUT2D eigenvalue weighted by Crippen LogP contribution is 2.34. The number of amides is 2. The predicted molar refractivity (Wildman–Crippen MR) is 124 cm³/mol. The van der Waals surface area contributed by atoms with Crippen molar-refractivity contribution >= 4 is 23.1 Å². The number of hydrogen-bond donors (Lipinski definition) is 1. The van der Waals surface area contributed by atoms with Crippen molar-refractivity contribution in [2.45, 2.75) is 27.3 Å². The molecule has 2 aromatic carbocycles. The van der Waals surface area contributed by atoms with Gasteiger partial charge in [0.15, 0.2) is 0 Å². The first kappa shape index (κ1) is 21.3. The third kappa shape index (κ3) is 3.99. The van der Waals surface area contributed by atoms with Gasteiger partial charge in [0.1, 0.15) is 11.4 Å². The standard InChI is InChI=1S/C26H25N3O3/c1-16-8-11-22(32-4)21(13-16)28-24-23(19-10-9-17(2)18(3)14-19)25(30)29(26(24)31)15-20-7-5-6-12-27-20/h5-14,28H,15H2,1-4H3. The molecule has 4 rings (SSSR count). The number of aromatic nitrogens is 1. The molecule has 0 saturated carbocycles. The maximum atomic E-state index is 13.5. The minimum atomic E-state index is -0.391. The van der Waals surface area contributed by atoms with Crippen molar-refractivity contribution in [3.8, 4) is 5.75 Å². The molecule has 3 aromatic rings. The minimum absolute atomic E-state index is 0.100. The molecule has 6 nitrogen and oxygen atoms in total. The number of carbonyl (C=O) groups excluding carboxylic acids is 2. The number of ether oxygens (including phenoxy) is 1. The topological polar surface area (TPSA) is 71.5 Å². The normalized spacial score (nSPS) is 13.7. The molecule has 1 aromatic heterocycles. The van der Waals surface area contributed by atoms with E-state index in [0.29, 0.717) is 28.3 Å². The molecule has 0 atom stereocenters. The number of benzene rings is 2. The van der Waals surface area contributed by atoms with Gasteiger partial charge in [-0.25, -0.2) is 0 Å². The number of nitrogens with one attached hydrogen (secondary N) is 1. The van der Waals surface area contributed by atoms with Crippen LogP contribution in [0.25, 0.3) is 5.57 Å². The van der Waals surface area contributed by atoms with Gasteiger partial charge in [0.25, 0.3) is 11.8 Å². The summed E-state index contributed by atoms with van der Waals surface area (Å²) in [7, 11) is 1.57. The Bertz CT molecular complexity index is 1230. The van der Waals surface area contributed by atoms with Gasteiger partial charge >= 0.3 is 0 Å². The van der Waals surface area contributed by atoms with E-state index in [1.165, 1.54) is 4.90 Å². The van der Waals surface area contributed by atoms with E-state index in [1.807, 2.05) is 63.2 Å². The van der Waals surface area contributed by atoms with E-state index in [2.05, 4.69) is 10.3 Å². The van der Waals surface area contributed by atoms with Gasteiger partial charge in [-0.3, -0.25) is 19.5 Å². The fourth-order valence-electron chi connectivity index (χ4n) is 3.71. The Hall–Kier alpha value is -3.93. The summed E-state index contributed by atoms with van der Waals surface area (Å²) in [5, 5.41) is 3.20. The van der Waals surface area contributed by atoms with Crippen LogP contribution in [0.4, 0.5) is 5.69 Å². The van der Waals surface area contributed by atoms with Crippen molar-refractivity contribution in [1.29, 1.82) is 0 Å². The van der Waals surface area contributed by atoms with Crippen molar-refractivity contribution in [3.05, 3.63) is 94.4 Å². The highest BCUT2D eigenvalue weighted by Gasteiger charge is 2.39. The summed E-state index contributed by atoms with van der Waals surface area (Å²) in [6.45, 7) is 6.06. The second-order valence-electron chi connectivity index (χ2n) is 7.90. The number of rotatable bonds is 6. The Balaban J connectivity index is 1.81. The van der Waals surface area contributed by atoms with Gasteiger partial charge in [-0.15, -0.1) is 0 Å². The number of aryl methyl sites for hydroxylation is 3. The fourth-order valence-corrected chi connectivity index (χ4v) is 3.71. The summed E-state index contributed by atoms with van der Waals surface area (Å²) in [6, 6.07) is 16.9. The molecule has 0 saturated heterocycles. The first-order valence-corrected chi connectivity index (χ1v) is 10.4. The Morgan fingerprint density at radius 3 is 2.44 bits per heavy atom. The van der Waals surface area contributed by atoms with Gasteiger partial charge in [0.05, 0.1) is 30.6 Å². The van der Waals surface area contributed by atoms with E-state index in [0.717, 1.165) is 16.7 Å². The predicted octanol–water partition coefficient (Wildman–Crippen LogP) is 4.41. The summed E-state index contributed by atoms with van der Waals surface area (Å²) >= 11 is 0. The molecule has 1 aliphatic heterocycles. The van der Waals surface area contributed by atoms with Crippen LogP contribution in [0, 0.1) is 20.8 Å². The summed E-state index contributed by atoms with van der Waals surface area (Å²) < 4.78 is 5.47. The molecule has 32 heavy (non-hydrogen) atoms. The number of pyridine rings is 1. The number of nitrogens with zero attached hydrogens (tertiary/aromatic N) is 2. The lowest BCUT2D eigenvalue weighted by atomic mass is 9.99. The van der Waals surface area contributed by atoms with Crippen LogP contribution < -0.4 is 10.1 Å². The number of carbonyl (C=O) groups is 2. The Labute approximate surface area is 187 Å². The lowest BCUT2D eigenvalue weighted by Gasteiger charge is -2.15. The summed E-state index contributed by atoms with van der Waals surface area (Å²) in [4.78, 5) is 32.5. The van der Waals surface area contributed by atoms with Crippen LogP contribution in [0.2, 0.25) is 0 Å². The molecule has 2 heterocycles. The quantitative estimate of drug-likeness (QED) is 0.590. The van der Waals surface area contributed by atoms with E-state index in [-0.39, 0.29) is 18.1 Å². The average molecular weight is 428 g/mol. The van der Waals surface area contributed by atoms with Gasteiger partial charge in [0.2, 0.25) is 0 Å². The number of hydrogen-bond acceptors (Lipinski definition) is 5. The van der Waals surface area contributed by atoms with Gasteiger partial charge in [-0.1, -0.05) is 30.3 Å². The Kier molecular flexibility index (Phi) is 5.77. The third-order valence-electron chi connectivity index (χ3n) is 5.62. The minimum Gasteiger partial charge on any atom is -0.495 e. The van der Waals surface area contributed by atoms with Crippen molar-refractivity contribution in [2.24, 2.45) is 0 Å². The fraction of sp³-hybridized carbons (Fsp3) is 0.192.